The highest BCUT2D eigenvalue weighted by Crippen LogP contribution is 2.10. The van der Waals surface area contributed by atoms with Gasteiger partial charge in [-0.15, -0.1) is 0 Å². The molecule has 1 aliphatic heterocycles. The van der Waals surface area contributed by atoms with Gasteiger partial charge in [-0.05, 0) is 13.8 Å². The van der Waals surface area contributed by atoms with E-state index in [1.54, 1.807) is 0 Å². The van der Waals surface area contributed by atoms with Crippen molar-refractivity contribution in [2.75, 3.05) is 26.2 Å². The number of nitrogens with one attached hydrogen (secondary N) is 1. The molecular formula is C9H17N3. The molecule has 0 aromatic rings. The third-order valence-corrected chi connectivity index (χ3v) is 2.65. The molecule has 1 fully saturated rings. The van der Waals surface area contributed by atoms with Crippen LogP contribution in [0.3, 0.4) is 0 Å². The summed E-state index contributed by atoms with van der Waals surface area (Å²) in [5.41, 5.74) is 0. The Labute approximate surface area is 74.4 Å². The number of nitriles is 1. The maximum absolute atomic E-state index is 8.74. The zero-order valence-electron chi connectivity index (χ0n) is 7.88. The Morgan fingerprint density at radius 3 is 2.42 bits per heavy atom. The van der Waals surface area contributed by atoms with Gasteiger partial charge in [-0.1, -0.05) is 0 Å². The molecule has 0 bridgehead atoms. The van der Waals surface area contributed by atoms with Crippen LogP contribution in [-0.2, 0) is 0 Å². The van der Waals surface area contributed by atoms with Crippen molar-refractivity contribution in [2.24, 2.45) is 5.92 Å². The predicted octanol–water partition coefficient (Wildman–Crippen LogP) is 0.440. The number of rotatable bonds is 2. The molecule has 0 spiro atoms. The smallest absolute Gasteiger partial charge is 0.0669 e. The highest BCUT2D eigenvalue weighted by atomic mass is 15.2. The van der Waals surface area contributed by atoms with E-state index in [1.807, 2.05) is 6.92 Å². The molecule has 0 amide bonds. The summed E-state index contributed by atoms with van der Waals surface area (Å²) in [7, 11) is 0. The molecule has 12 heavy (non-hydrogen) atoms. The lowest BCUT2D eigenvalue weighted by Crippen LogP contribution is -2.49. The van der Waals surface area contributed by atoms with Crippen molar-refractivity contribution >= 4 is 0 Å². The second-order valence-electron chi connectivity index (χ2n) is 3.44. The highest BCUT2D eigenvalue weighted by Gasteiger charge is 2.20. The second-order valence-corrected chi connectivity index (χ2v) is 3.44. The Morgan fingerprint density at radius 1 is 1.33 bits per heavy atom. The average molecular weight is 167 g/mol. The van der Waals surface area contributed by atoms with E-state index in [-0.39, 0.29) is 5.92 Å². The minimum Gasteiger partial charge on any atom is -0.314 e. The molecule has 2 unspecified atom stereocenters. The quantitative estimate of drug-likeness (QED) is 0.648. The van der Waals surface area contributed by atoms with Crippen molar-refractivity contribution in [3.05, 3.63) is 0 Å². The molecule has 3 heteroatoms. The van der Waals surface area contributed by atoms with Crippen molar-refractivity contribution in [2.45, 2.75) is 19.9 Å². The first-order valence-electron chi connectivity index (χ1n) is 4.60. The zero-order chi connectivity index (χ0) is 8.97. The molecule has 1 saturated heterocycles. The van der Waals surface area contributed by atoms with E-state index in [2.05, 4.69) is 23.2 Å². The van der Waals surface area contributed by atoms with Crippen LogP contribution in [0.4, 0.5) is 0 Å². The first kappa shape index (κ1) is 9.50. The van der Waals surface area contributed by atoms with E-state index in [0.717, 1.165) is 26.2 Å². The molecule has 1 N–H and O–H groups in total. The van der Waals surface area contributed by atoms with Gasteiger partial charge in [0.25, 0.3) is 0 Å². The summed E-state index contributed by atoms with van der Waals surface area (Å²) in [4.78, 5) is 2.38. The normalized spacial score (nSPS) is 24.4. The van der Waals surface area contributed by atoms with Crippen LogP contribution in [0.1, 0.15) is 13.8 Å². The van der Waals surface area contributed by atoms with Gasteiger partial charge in [0.05, 0.1) is 12.0 Å². The Bertz CT molecular complexity index is 167. The summed E-state index contributed by atoms with van der Waals surface area (Å²) in [6.45, 7) is 8.40. The molecule has 0 radical (unpaired) electrons. The molecule has 0 aliphatic carbocycles. The van der Waals surface area contributed by atoms with Crippen LogP contribution < -0.4 is 5.32 Å². The van der Waals surface area contributed by atoms with E-state index < -0.39 is 0 Å². The van der Waals surface area contributed by atoms with E-state index in [9.17, 15) is 0 Å². The van der Waals surface area contributed by atoms with Crippen molar-refractivity contribution in [1.29, 1.82) is 5.26 Å². The van der Waals surface area contributed by atoms with Gasteiger partial charge in [0.2, 0.25) is 0 Å². The van der Waals surface area contributed by atoms with E-state index in [4.69, 9.17) is 5.26 Å². The fraction of sp³-hybridized carbons (Fsp3) is 0.889. The van der Waals surface area contributed by atoms with Gasteiger partial charge in [0.1, 0.15) is 0 Å². The monoisotopic (exact) mass is 167 g/mol. The Morgan fingerprint density at radius 2 is 1.92 bits per heavy atom. The molecule has 0 saturated carbocycles. The lowest BCUT2D eigenvalue weighted by molar-refractivity contribution is 0.160. The maximum atomic E-state index is 8.74. The van der Waals surface area contributed by atoms with Gasteiger partial charge in [-0.2, -0.15) is 5.26 Å². The Balaban J connectivity index is 2.40. The molecule has 2 atom stereocenters. The number of hydrogen-bond donors (Lipinski definition) is 1. The van der Waals surface area contributed by atoms with E-state index in [0.29, 0.717) is 6.04 Å². The first-order valence-corrected chi connectivity index (χ1v) is 4.60. The van der Waals surface area contributed by atoms with Gasteiger partial charge in [-0.25, -0.2) is 0 Å². The van der Waals surface area contributed by atoms with Gasteiger partial charge in [-0.3, -0.25) is 4.90 Å². The van der Waals surface area contributed by atoms with Gasteiger partial charge < -0.3 is 5.32 Å². The van der Waals surface area contributed by atoms with Crippen molar-refractivity contribution in [3.8, 4) is 6.07 Å². The molecule has 1 rings (SSSR count). The molecular weight excluding hydrogens is 150 g/mol. The first-order chi connectivity index (χ1) is 5.75. The molecule has 0 aromatic carbocycles. The minimum atomic E-state index is 0.142. The summed E-state index contributed by atoms with van der Waals surface area (Å²) in [5.74, 6) is 0.142. The summed E-state index contributed by atoms with van der Waals surface area (Å²) < 4.78 is 0. The van der Waals surface area contributed by atoms with Crippen molar-refractivity contribution in [1.82, 2.24) is 10.2 Å². The topological polar surface area (TPSA) is 39.1 Å². The van der Waals surface area contributed by atoms with Crippen LogP contribution in [0.25, 0.3) is 0 Å². The van der Waals surface area contributed by atoms with Crippen LogP contribution in [0, 0.1) is 17.2 Å². The summed E-state index contributed by atoms with van der Waals surface area (Å²) >= 11 is 0. The summed E-state index contributed by atoms with van der Waals surface area (Å²) in [5, 5.41) is 12.0. The standard InChI is InChI=1S/C9H17N3/c1-8(7-10)9(2)12-5-3-11-4-6-12/h8-9,11H,3-6H2,1-2H3. The molecule has 3 nitrogen and oxygen atoms in total. The average Bonchev–Trinajstić information content (AvgIpc) is 2.17. The second kappa shape index (κ2) is 4.44. The third-order valence-electron chi connectivity index (χ3n) is 2.65. The minimum absolute atomic E-state index is 0.142. The van der Waals surface area contributed by atoms with Crippen LogP contribution in [0.5, 0.6) is 0 Å². The lowest BCUT2D eigenvalue weighted by atomic mass is 10.0. The van der Waals surface area contributed by atoms with E-state index >= 15 is 0 Å². The number of hydrogen-bond acceptors (Lipinski definition) is 3. The number of piperazine rings is 1. The molecule has 1 heterocycles. The Hall–Kier alpha value is -0.590. The lowest BCUT2D eigenvalue weighted by Gasteiger charge is -2.33. The zero-order valence-corrected chi connectivity index (χ0v) is 7.88. The van der Waals surface area contributed by atoms with Crippen LogP contribution in [0.15, 0.2) is 0 Å². The van der Waals surface area contributed by atoms with Crippen LogP contribution >= 0.6 is 0 Å². The van der Waals surface area contributed by atoms with Crippen LogP contribution in [-0.4, -0.2) is 37.1 Å². The maximum Gasteiger partial charge on any atom is 0.0669 e. The Kier molecular flexibility index (Phi) is 3.51. The molecule has 68 valence electrons. The number of nitrogens with zero attached hydrogens (tertiary/aromatic N) is 2. The fourth-order valence-electron chi connectivity index (χ4n) is 1.51. The van der Waals surface area contributed by atoms with Gasteiger partial charge in [0, 0.05) is 32.2 Å². The van der Waals surface area contributed by atoms with Crippen molar-refractivity contribution < 1.29 is 0 Å². The van der Waals surface area contributed by atoms with Crippen LogP contribution in [0.2, 0.25) is 0 Å². The summed E-state index contributed by atoms with van der Waals surface area (Å²) in [6, 6.07) is 2.70. The molecule has 1 aliphatic rings. The van der Waals surface area contributed by atoms with Gasteiger partial charge >= 0.3 is 0 Å². The predicted molar refractivity (Wildman–Crippen MR) is 48.7 cm³/mol. The van der Waals surface area contributed by atoms with E-state index in [1.165, 1.54) is 0 Å². The largest absolute Gasteiger partial charge is 0.314 e. The molecule has 0 aromatic heterocycles. The highest BCUT2D eigenvalue weighted by molar-refractivity contribution is 4.89. The van der Waals surface area contributed by atoms with Crippen molar-refractivity contribution in [3.63, 3.8) is 0 Å². The van der Waals surface area contributed by atoms with Gasteiger partial charge in [0.15, 0.2) is 0 Å². The SMILES string of the molecule is CC(C#N)C(C)N1CCNCC1. The third kappa shape index (κ3) is 2.20. The summed E-state index contributed by atoms with van der Waals surface area (Å²) in [6.07, 6.45) is 0. The fourth-order valence-corrected chi connectivity index (χ4v) is 1.51.